The fourth-order valence-electron chi connectivity index (χ4n) is 2.33. The summed E-state index contributed by atoms with van der Waals surface area (Å²) in [5.74, 6) is -1.10. The first-order chi connectivity index (χ1) is 12.6. The van der Waals surface area contributed by atoms with E-state index in [-0.39, 0.29) is 11.7 Å². The molecule has 4 aromatic rings. The lowest BCUT2D eigenvalue weighted by Gasteiger charge is -2.03. The van der Waals surface area contributed by atoms with Gasteiger partial charge in [-0.1, -0.05) is 0 Å². The molecule has 130 valence electrons. The predicted octanol–water partition coefficient (Wildman–Crippen LogP) is 3.28. The van der Waals surface area contributed by atoms with E-state index in [1.165, 1.54) is 6.26 Å². The fraction of sp³-hybridized carbons (Fsp3) is 0. The number of thiophene rings is 1. The Labute approximate surface area is 149 Å². The smallest absolute Gasteiger partial charge is 0.417 e. The molecule has 26 heavy (non-hydrogen) atoms. The number of H-pyrrole nitrogens is 1. The van der Waals surface area contributed by atoms with Crippen molar-refractivity contribution >= 4 is 44.9 Å². The molecule has 9 heteroatoms. The number of furan rings is 1. The van der Waals surface area contributed by atoms with Crippen LogP contribution in [-0.2, 0) is 0 Å². The number of hydrogen-bond donors (Lipinski definition) is 3. The van der Waals surface area contributed by atoms with Gasteiger partial charge < -0.3 is 19.5 Å². The second kappa shape index (κ2) is 6.37. The van der Waals surface area contributed by atoms with Gasteiger partial charge in [-0.3, -0.25) is 14.6 Å². The van der Waals surface area contributed by atoms with Crippen LogP contribution in [0.4, 0.5) is 10.7 Å². The van der Waals surface area contributed by atoms with E-state index in [0.717, 1.165) is 11.3 Å². The van der Waals surface area contributed by atoms with Crippen LogP contribution in [0, 0.1) is 0 Å². The summed E-state index contributed by atoms with van der Waals surface area (Å²) in [4.78, 5) is 38.4. The molecular weight excluding hydrogens is 358 g/mol. The van der Waals surface area contributed by atoms with Crippen molar-refractivity contribution in [3.63, 3.8) is 0 Å². The van der Waals surface area contributed by atoms with E-state index in [1.807, 2.05) is 0 Å². The van der Waals surface area contributed by atoms with E-state index >= 15 is 0 Å². The maximum absolute atomic E-state index is 12.4. The highest BCUT2D eigenvalue weighted by Gasteiger charge is 2.14. The van der Waals surface area contributed by atoms with Crippen LogP contribution in [0.25, 0.3) is 11.1 Å². The van der Waals surface area contributed by atoms with Gasteiger partial charge in [-0.05, 0) is 42.5 Å². The molecule has 2 amide bonds. The number of fused-ring (bicyclic) bond motifs is 1. The molecule has 4 rings (SSSR count). The lowest BCUT2D eigenvalue weighted by atomic mass is 10.3. The van der Waals surface area contributed by atoms with Gasteiger partial charge in [0.05, 0.1) is 21.7 Å². The zero-order valence-corrected chi connectivity index (χ0v) is 13.9. The molecule has 0 saturated carbocycles. The molecule has 0 saturated heterocycles. The third-order valence-corrected chi connectivity index (χ3v) is 4.49. The minimum Gasteiger partial charge on any atom is -0.459 e. The maximum Gasteiger partial charge on any atom is 0.417 e. The molecule has 0 aliphatic rings. The van der Waals surface area contributed by atoms with Crippen molar-refractivity contribution in [2.24, 2.45) is 0 Å². The lowest BCUT2D eigenvalue weighted by molar-refractivity contribution is 0.0995. The van der Waals surface area contributed by atoms with Crippen molar-refractivity contribution in [1.29, 1.82) is 0 Å². The van der Waals surface area contributed by atoms with Gasteiger partial charge in [0.25, 0.3) is 11.8 Å². The Balaban J connectivity index is 1.47. The molecule has 0 aliphatic heterocycles. The third kappa shape index (κ3) is 3.15. The predicted molar refractivity (Wildman–Crippen MR) is 95.8 cm³/mol. The van der Waals surface area contributed by atoms with Crippen molar-refractivity contribution in [2.45, 2.75) is 0 Å². The minimum atomic E-state index is -0.557. The van der Waals surface area contributed by atoms with Gasteiger partial charge in [0.2, 0.25) is 0 Å². The highest BCUT2D eigenvalue weighted by atomic mass is 32.1. The van der Waals surface area contributed by atoms with Gasteiger partial charge >= 0.3 is 5.76 Å². The molecule has 1 aromatic carbocycles. The van der Waals surface area contributed by atoms with Gasteiger partial charge in [-0.15, -0.1) is 11.3 Å². The lowest BCUT2D eigenvalue weighted by Crippen LogP contribution is -2.10. The number of anilines is 2. The molecule has 0 bridgehead atoms. The van der Waals surface area contributed by atoms with Crippen LogP contribution in [0.1, 0.15) is 20.2 Å². The Kier molecular flexibility index (Phi) is 3.90. The zero-order valence-electron chi connectivity index (χ0n) is 13.1. The number of hydrogen-bond acceptors (Lipinski definition) is 6. The van der Waals surface area contributed by atoms with Crippen molar-refractivity contribution in [3.05, 3.63) is 69.9 Å². The number of aromatic nitrogens is 1. The average molecular weight is 369 g/mol. The maximum atomic E-state index is 12.4. The average Bonchev–Trinajstić information content (AvgIpc) is 3.34. The molecule has 3 N–H and O–H groups in total. The Morgan fingerprint density at radius 3 is 2.73 bits per heavy atom. The van der Waals surface area contributed by atoms with Crippen LogP contribution in [0.3, 0.4) is 0 Å². The van der Waals surface area contributed by atoms with Crippen LogP contribution < -0.4 is 16.4 Å². The highest BCUT2D eigenvalue weighted by molar-refractivity contribution is 7.18. The molecule has 0 aliphatic carbocycles. The van der Waals surface area contributed by atoms with E-state index in [0.29, 0.717) is 26.7 Å². The van der Waals surface area contributed by atoms with Crippen molar-refractivity contribution in [1.82, 2.24) is 4.98 Å². The summed E-state index contributed by atoms with van der Waals surface area (Å²) in [6.07, 6.45) is 1.41. The van der Waals surface area contributed by atoms with Crippen LogP contribution >= 0.6 is 11.3 Å². The Morgan fingerprint density at radius 1 is 1.04 bits per heavy atom. The van der Waals surface area contributed by atoms with Gasteiger partial charge in [-0.25, -0.2) is 4.79 Å². The topological polar surface area (TPSA) is 117 Å². The number of carbonyl (C=O) groups excluding carboxylic acids is 2. The molecule has 0 spiro atoms. The quantitative estimate of drug-likeness (QED) is 0.510. The van der Waals surface area contributed by atoms with Crippen molar-refractivity contribution in [3.8, 4) is 0 Å². The summed E-state index contributed by atoms with van der Waals surface area (Å²) in [6.45, 7) is 0. The normalized spacial score (nSPS) is 10.8. The Hall–Kier alpha value is -3.59. The molecule has 0 fully saturated rings. The third-order valence-electron chi connectivity index (χ3n) is 3.49. The SMILES string of the molecule is O=C(Nc1ccc(C(=O)Nc2ccc3oc(=O)[nH]c3c2)s1)c1ccco1. The van der Waals surface area contributed by atoms with Crippen LogP contribution in [0.15, 0.2) is 62.4 Å². The van der Waals surface area contributed by atoms with E-state index in [9.17, 15) is 14.4 Å². The second-order valence-electron chi connectivity index (χ2n) is 5.27. The summed E-state index contributed by atoms with van der Waals surface area (Å²) in [7, 11) is 0. The first-order valence-corrected chi connectivity index (χ1v) is 8.29. The molecule has 3 heterocycles. The Morgan fingerprint density at radius 2 is 1.92 bits per heavy atom. The summed E-state index contributed by atoms with van der Waals surface area (Å²) < 4.78 is 9.93. The van der Waals surface area contributed by atoms with E-state index in [2.05, 4.69) is 15.6 Å². The number of benzene rings is 1. The molecule has 8 nitrogen and oxygen atoms in total. The Bertz CT molecular complexity index is 1150. The van der Waals surface area contributed by atoms with E-state index in [4.69, 9.17) is 8.83 Å². The number of carbonyl (C=O) groups is 2. The number of amides is 2. The number of nitrogens with one attached hydrogen (secondary N) is 3. The molecule has 3 aromatic heterocycles. The van der Waals surface area contributed by atoms with Gasteiger partial charge in [0.15, 0.2) is 11.3 Å². The first-order valence-electron chi connectivity index (χ1n) is 7.47. The number of rotatable bonds is 4. The fourth-order valence-corrected chi connectivity index (χ4v) is 3.13. The summed E-state index contributed by atoms with van der Waals surface area (Å²) >= 11 is 1.13. The van der Waals surface area contributed by atoms with E-state index in [1.54, 1.807) is 42.5 Å². The molecule has 0 radical (unpaired) electrons. The standard InChI is InChI=1S/C17H11N3O5S/c21-15(12-2-1-7-24-12)20-14-6-5-13(26-14)16(22)18-9-3-4-11-10(8-9)19-17(23)25-11/h1-8H,(H,18,22)(H,19,23)(H,20,21). The van der Waals surface area contributed by atoms with Crippen molar-refractivity contribution < 1.29 is 18.4 Å². The summed E-state index contributed by atoms with van der Waals surface area (Å²) in [6, 6.07) is 11.2. The summed E-state index contributed by atoms with van der Waals surface area (Å²) in [5, 5.41) is 5.91. The van der Waals surface area contributed by atoms with Gasteiger partial charge in [0, 0.05) is 5.69 Å². The van der Waals surface area contributed by atoms with Gasteiger partial charge in [0.1, 0.15) is 0 Å². The van der Waals surface area contributed by atoms with Gasteiger partial charge in [-0.2, -0.15) is 0 Å². The largest absolute Gasteiger partial charge is 0.459 e. The summed E-state index contributed by atoms with van der Waals surface area (Å²) in [5.41, 5.74) is 1.41. The monoisotopic (exact) mass is 369 g/mol. The van der Waals surface area contributed by atoms with E-state index < -0.39 is 11.7 Å². The molecule has 0 atom stereocenters. The van der Waals surface area contributed by atoms with Crippen LogP contribution in [0.5, 0.6) is 0 Å². The second-order valence-corrected chi connectivity index (χ2v) is 6.36. The molecule has 0 unspecified atom stereocenters. The van der Waals surface area contributed by atoms with Crippen molar-refractivity contribution in [2.75, 3.05) is 10.6 Å². The molecular formula is C17H11N3O5S. The van der Waals surface area contributed by atoms with Crippen LogP contribution in [0.2, 0.25) is 0 Å². The number of aromatic amines is 1. The zero-order chi connectivity index (χ0) is 18.1. The van der Waals surface area contributed by atoms with Crippen LogP contribution in [-0.4, -0.2) is 16.8 Å². The number of oxazole rings is 1. The first kappa shape index (κ1) is 15.9. The minimum absolute atomic E-state index is 0.187. The highest BCUT2D eigenvalue weighted by Crippen LogP contribution is 2.24.